The normalized spacial score (nSPS) is 27.8. The molecule has 2 unspecified atom stereocenters. The molecule has 1 fully saturated rings. The van der Waals surface area contributed by atoms with Gasteiger partial charge in [-0.1, -0.05) is 18.2 Å². The van der Waals surface area contributed by atoms with E-state index < -0.39 is 0 Å². The Morgan fingerprint density at radius 2 is 2.17 bits per heavy atom. The molecule has 2 atom stereocenters. The Morgan fingerprint density at radius 1 is 1.22 bits per heavy atom. The van der Waals surface area contributed by atoms with E-state index in [9.17, 15) is 0 Å². The van der Waals surface area contributed by atoms with Gasteiger partial charge in [-0.05, 0) is 43.1 Å². The van der Waals surface area contributed by atoms with E-state index in [4.69, 9.17) is 4.74 Å². The fraction of sp³-hybridized carbons (Fsp3) is 0.600. The summed E-state index contributed by atoms with van der Waals surface area (Å²) in [6, 6.07) is 9.31. The van der Waals surface area contributed by atoms with Crippen molar-refractivity contribution in [2.24, 2.45) is 0 Å². The first-order valence-corrected chi connectivity index (χ1v) is 7.99. The van der Waals surface area contributed by atoms with Crippen LogP contribution in [0.2, 0.25) is 0 Å². The Hall–Kier alpha value is -0.510. The van der Waals surface area contributed by atoms with Gasteiger partial charge in [0.05, 0.1) is 6.10 Å². The van der Waals surface area contributed by atoms with Crippen LogP contribution in [0.3, 0.4) is 0 Å². The highest BCUT2D eigenvalue weighted by Gasteiger charge is 2.21. The van der Waals surface area contributed by atoms with Gasteiger partial charge in [-0.2, -0.15) is 0 Å². The predicted octanol–water partition coefficient (Wildman–Crippen LogP) is 3.38. The van der Waals surface area contributed by atoms with Gasteiger partial charge < -0.3 is 10.1 Å². The predicted molar refractivity (Wildman–Crippen MR) is 76.1 cm³/mol. The van der Waals surface area contributed by atoms with Crippen molar-refractivity contribution in [3.8, 4) is 0 Å². The highest BCUT2D eigenvalue weighted by molar-refractivity contribution is 7.99. The lowest BCUT2D eigenvalue weighted by atomic mass is 10.0. The molecule has 98 valence electrons. The molecular formula is C15H21NOS. The number of rotatable bonds is 3. The Balaban J connectivity index is 1.60. The van der Waals surface area contributed by atoms with Crippen LogP contribution >= 0.6 is 11.8 Å². The molecule has 2 aliphatic heterocycles. The zero-order valence-corrected chi connectivity index (χ0v) is 11.5. The highest BCUT2D eigenvalue weighted by atomic mass is 32.2. The van der Waals surface area contributed by atoms with E-state index in [1.807, 2.05) is 11.8 Å². The average Bonchev–Trinajstić information content (AvgIpc) is 2.46. The Kier molecular flexibility index (Phi) is 4.24. The summed E-state index contributed by atoms with van der Waals surface area (Å²) in [5, 5.41) is 3.71. The van der Waals surface area contributed by atoms with Crippen molar-refractivity contribution in [2.75, 3.05) is 18.9 Å². The zero-order valence-electron chi connectivity index (χ0n) is 10.7. The molecule has 0 amide bonds. The number of ether oxygens (including phenoxy) is 1. The van der Waals surface area contributed by atoms with E-state index in [1.165, 1.54) is 41.9 Å². The van der Waals surface area contributed by atoms with Gasteiger partial charge in [0, 0.05) is 24.1 Å². The lowest BCUT2D eigenvalue weighted by Gasteiger charge is -2.29. The third kappa shape index (κ3) is 2.90. The molecule has 0 bridgehead atoms. The van der Waals surface area contributed by atoms with E-state index >= 15 is 0 Å². The fourth-order valence-corrected chi connectivity index (χ4v) is 3.92. The van der Waals surface area contributed by atoms with Crippen LogP contribution in [0.4, 0.5) is 0 Å². The van der Waals surface area contributed by atoms with E-state index in [0.717, 1.165) is 13.2 Å². The molecule has 18 heavy (non-hydrogen) atoms. The molecule has 1 aromatic carbocycles. The van der Waals surface area contributed by atoms with Gasteiger partial charge in [-0.15, -0.1) is 11.8 Å². The Bertz CT molecular complexity index is 390. The first-order chi connectivity index (χ1) is 8.93. The lowest BCUT2D eigenvalue weighted by Crippen LogP contribution is -2.35. The maximum Gasteiger partial charge on any atom is 0.0699 e. The quantitative estimate of drug-likeness (QED) is 0.903. The van der Waals surface area contributed by atoms with Gasteiger partial charge >= 0.3 is 0 Å². The van der Waals surface area contributed by atoms with Crippen molar-refractivity contribution < 1.29 is 4.74 Å². The number of thioether (sulfide) groups is 1. The fourth-order valence-electron chi connectivity index (χ4n) is 2.80. The number of nitrogens with one attached hydrogen (secondary N) is 1. The van der Waals surface area contributed by atoms with Crippen LogP contribution in [-0.4, -0.2) is 25.0 Å². The van der Waals surface area contributed by atoms with E-state index in [2.05, 4.69) is 29.6 Å². The minimum atomic E-state index is 0.431. The number of hydrogen-bond acceptors (Lipinski definition) is 3. The second kappa shape index (κ2) is 6.09. The summed E-state index contributed by atoms with van der Waals surface area (Å²) >= 11 is 1.98. The summed E-state index contributed by atoms with van der Waals surface area (Å²) in [6.45, 7) is 1.95. The van der Waals surface area contributed by atoms with Gasteiger partial charge in [0.2, 0.25) is 0 Å². The second-order valence-corrected chi connectivity index (χ2v) is 6.26. The SMILES string of the molecule is c1ccc2c(c1)SCCC2NCC1CCCCO1. The summed E-state index contributed by atoms with van der Waals surface area (Å²) in [6.07, 6.45) is 5.44. The summed E-state index contributed by atoms with van der Waals surface area (Å²) in [5.41, 5.74) is 1.48. The van der Waals surface area contributed by atoms with Gasteiger partial charge in [0.15, 0.2) is 0 Å². The number of benzene rings is 1. The monoisotopic (exact) mass is 263 g/mol. The Labute approximate surface area is 113 Å². The molecule has 0 saturated carbocycles. The molecule has 2 aliphatic rings. The van der Waals surface area contributed by atoms with E-state index in [1.54, 1.807) is 0 Å². The van der Waals surface area contributed by atoms with E-state index in [0.29, 0.717) is 12.1 Å². The van der Waals surface area contributed by atoms with Gasteiger partial charge in [0.25, 0.3) is 0 Å². The van der Waals surface area contributed by atoms with Gasteiger partial charge in [-0.25, -0.2) is 0 Å². The number of fused-ring (bicyclic) bond motifs is 1. The molecule has 3 heteroatoms. The Morgan fingerprint density at radius 3 is 3.06 bits per heavy atom. The molecule has 3 rings (SSSR count). The zero-order chi connectivity index (χ0) is 12.2. The lowest BCUT2D eigenvalue weighted by molar-refractivity contribution is 0.0152. The van der Waals surface area contributed by atoms with E-state index in [-0.39, 0.29) is 0 Å². The van der Waals surface area contributed by atoms with Crippen LogP contribution < -0.4 is 5.32 Å². The molecule has 2 heterocycles. The molecule has 1 saturated heterocycles. The van der Waals surface area contributed by atoms with Crippen LogP contribution in [0.5, 0.6) is 0 Å². The van der Waals surface area contributed by atoms with Crippen LogP contribution in [0.15, 0.2) is 29.2 Å². The molecule has 0 spiro atoms. The first kappa shape index (κ1) is 12.5. The molecule has 2 nitrogen and oxygen atoms in total. The third-order valence-electron chi connectivity index (χ3n) is 3.82. The maximum atomic E-state index is 5.79. The molecule has 1 aromatic rings. The molecule has 1 N–H and O–H groups in total. The smallest absolute Gasteiger partial charge is 0.0699 e. The second-order valence-electron chi connectivity index (χ2n) is 5.12. The van der Waals surface area contributed by atoms with Crippen LogP contribution in [0.1, 0.15) is 37.3 Å². The first-order valence-electron chi connectivity index (χ1n) is 7.00. The summed E-state index contributed by atoms with van der Waals surface area (Å²) in [7, 11) is 0. The minimum absolute atomic E-state index is 0.431. The molecule has 0 aromatic heterocycles. The van der Waals surface area contributed by atoms with Gasteiger partial charge in [0.1, 0.15) is 0 Å². The number of hydrogen-bond donors (Lipinski definition) is 1. The summed E-state index contributed by atoms with van der Waals surface area (Å²) in [4.78, 5) is 1.45. The van der Waals surface area contributed by atoms with Crippen molar-refractivity contribution in [2.45, 2.75) is 42.7 Å². The van der Waals surface area contributed by atoms with Crippen molar-refractivity contribution in [3.63, 3.8) is 0 Å². The van der Waals surface area contributed by atoms with Crippen molar-refractivity contribution >= 4 is 11.8 Å². The van der Waals surface area contributed by atoms with Crippen LogP contribution in [-0.2, 0) is 4.74 Å². The minimum Gasteiger partial charge on any atom is -0.377 e. The maximum absolute atomic E-state index is 5.79. The highest BCUT2D eigenvalue weighted by Crippen LogP contribution is 2.35. The van der Waals surface area contributed by atoms with Crippen molar-refractivity contribution in [3.05, 3.63) is 29.8 Å². The standard InChI is InChI=1S/C15H21NOS/c1-2-7-15-13(6-1)14(8-10-18-15)16-11-12-5-3-4-9-17-12/h1-2,6-7,12,14,16H,3-5,8-11H2. The molecular weight excluding hydrogens is 242 g/mol. The largest absolute Gasteiger partial charge is 0.377 e. The summed E-state index contributed by atoms with van der Waals surface area (Å²) < 4.78 is 5.79. The van der Waals surface area contributed by atoms with Crippen molar-refractivity contribution in [1.82, 2.24) is 5.32 Å². The van der Waals surface area contributed by atoms with Crippen LogP contribution in [0, 0.1) is 0 Å². The molecule has 0 radical (unpaired) electrons. The third-order valence-corrected chi connectivity index (χ3v) is 4.95. The average molecular weight is 263 g/mol. The molecule has 0 aliphatic carbocycles. The van der Waals surface area contributed by atoms with Crippen molar-refractivity contribution in [1.29, 1.82) is 0 Å². The van der Waals surface area contributed by atoms with Gasteiger partial charge in [-0.3, -0.25) is 0 Å². The van der Waals surface area contributed by atoms with Crippen LogP contribution in [0.25, 0.3) is 0 Å². The topological polar surface area (TPSA) is 21.3 Å². The summed E-state index contributed by atoms with van der Waals surface area (Å²) in [5.74, 6) is 1.22.